The smallest absolute Gasteiger partial charge is 0.310 e. The Bertz CT molecular complexity index is 589. The van der Waals surface area contributed by atoms with E-state index < -0.39 is 0 Å². The van der Waals surface area contributed by atoms with Gasteiger partial charge in [0.1, 0.15) is 0 Å². The molecule has 0 radical (unpaired) electrons. The molecule has 1 fully saturated rings. The molecule has 0 spiro atoms. The number of nitrogens with one attached hydrogen (secondary N) is 1. The number of amides is 1. The van der Waals surface area contributed by atoms with E-state index in [4.69, 9.17) is 22.7 Å². The van der Waals surface area contributed by atoms with E-state index in [-0.39, 0.29) is 22.9 Å². The highest BCUT2D eigenvalue weighted by atomic mass is 32.1. The molecule has 3 N–H and O–H groups in total. The summed E-state index contributed by atoms with van der Waals surface area (Å²) >= 11 is 4.77. The molecule has 1 unspecified atom stereocenters. The van der Waals surface area contributed by atoms with Gasteiger partial charge in [-0.2, -0.15) is 0 Å². The first-order valence-corrected chi connectivity index (χ1v) is 8.04. The van der Waals surface area contributed by atoms with Gasteiger partial charge in [-0.05, 0) is 56.2 Å². The first-order valence-electron chi connectivity index (χ1n) is 7.63. The Hall–Kier alpha value is -2.15. The summed E-state index contributed by atoms with van der Waals surface area (Å²) in [4.78, 5) is 26.1. The van der Waals surface area contributed by atoms with Crippen LogP contribution >= 0.6 is 12.2 Å². The standard InChI is InChI=1S/C16H21N3O3S/c1-2-22-15(21)12-4-3-9-19(10-12)14(20)11-5-7-13(8-6-11)18-16(17)23/h5-8,12H,2-4,9-10H2,1H3,(H3,17,18,23). The van der Waals surface area contributed by atoms with E-state index in [1.807, 2.05) is 0 Å². The molecule has 1 amide bonds. The van der Waals surface area contributed by atoms with Crippen molar-refractivity contribution in [2.75, 3.05) is 25.0 Å². The largest absolute Gasteiger partial charge is 0.466 e. The predicted molar refractivity (Wildman–Crippen MR) is 92.1 cm³/mol. The first kappa shape index (κ1) is 17.2. The molecule has 0 aliphatic carbocycles. The van der Waals surface area contributed by atoms with Crippen LogP contribution in [0.3, 0.4) is 0 Å². The zero-order chi connectivity index (χ0) is 16.8. The molecule has 1 atom stereocenters. The lowest BCUT2D eigenvalue weighted by Gasteiger charge is -2.31. The maximum Gasteiger partial charge on any atom is 0.310 e. The summed E-state index contributed by atoms with van der Waals surface area (Å²) in [7, 11) is 0. The molecule has 0 aromatic heterocycles. The minimum atomic E-state index is -0.233. The van der Waals surface area contributed by atoms with Crippen LogP contribution in [0.5, 0.6) is 0 Å². The van der Waals surface area contributed by atoms with Crippen LogP contribution in [0.25, 0.3) is 0 Å². The van der Waals surface area contributed by atoms with Crippen LogP contribution in [0.15, 0.2) is 24.3 Å². The Balaban J connectivity index is 2.01. The number of thiocarbonyl (C=S) groups is 1. The quantitative estimate of drug-likeness (QED) is 0.644. The van der Waals surface area contributed by atoms with Gasteiger partial charge in [0.25, 0.3) is 5.91 Å². The van der Waals surface area contributed by atoms with Crippen molar-refractivity contribution < 1.29 is 14.3 Å². The average Bonchev–Trinajstić information content (AvgIpc) is 2.55. The fourth-order valence-electron chi connectivity index (χ4n) is 2.64. The highest BCUT2D eigenvalue weighted by Crippen LogP contribution is 2.20. The van der Waals surface area contributed by atoms with E-state index in [0.29, 0.717) is 25.3 Å². The van der Waals surface area contributed by atoms with E-state index in [1.54, 1.807) is 36.1 Å². The lowest BCUT2D eigenvalue weighted by Crippen LogP contribution is -2.42. The fourth-order valence-corrected chi connectivity index (χ4v) is 2.75. The minimum absolute atomic E-state index is 0.0825. The lowest BCUT2D eigenvalue weighted by molar-refractivity contribution is -0.149. The SMILES string of the molecule is CCOC(=O)C1CCCN(C(=O)c2ccc(NC(N)=S)cc2)C1. The summed E-state index contributed by atoms with van der Waals surface area (Å²) < 4.78 is 5.06. The lowest BCUT2D eigenvalue weighted by atomic mass is 9.97. The summed E-state index contributed by atoms with van der Waals surface area (Å²) in [6.07, 6.45) is 1.57. The van der Waals surface area contributed by atoms with Gasteiger partial charge in [0, 0.05) is 24.3 Å². The van der Waals surface area contributed by atoms with Gasteiger partial charge in [0.2, 0.25) is 0 Å². The first-order chi connectivity index (χ1) is 11.0. The van der Waals surface area contributed by atoms with Crippen molar-refractivity contribution in [2.45, 2.75) is 19.8 Å². The molecule has 1 aromatic rings. The fraction of sp³-hybridized carbons (Fsp3) is 0.438. The summed E-state index contributed by atoms with van der Waals surface area (Å²) in [6.45, 7) is 3.21. The van der Waals surface area contributed by atoms with Gasteiger partial charge in [-0.3, -0.25) is 9.59 Å². The molecule has 1 aromatic carbocycles. The number of rotatable bonds is 4. The number of nitrogens with two attached hydrogens (primary N) is 1. The van der Waals surface area contributed by atoms with Crippen molar-refractivity contribution in [3.05, 3.63) is 29.8 Å². The topological polar surface area (TPSA) is 84.7 Å². The van der Waals surface area contributed by atoms with Gasteiger partial charge in [-0.1, -0.05) is 0 Å². The van der Waals surface area contributed by atoms with Crippen LogP contribution in [-0.4, -0.2) is 41.6 Å². The van der Waals surface area contributed by atoms with Gasteiger partial charge in [-0.15, -0.1) is 0 Å². The second-order valence-electron chi connectivity index (χ2n) is 5.41. The molecule has 0 saturated carbocycles. The van der Waals surface area contributed by atoms with E-state index >= 15 is 0 Å². The number of carbonyl (C=O) groups excluding carboxylic acids is 2. The summed E-state index contributed by atoms with van der Waals surface area (Å²) in [5, 5.41) is 2.99. The molecule has 2 rings (SSSR count). The average molecular weight is 335 g/mol. The van der Waals surface area contributed by atoms with E-state index in [1.165, 1.54) is 0 Å². The van der Waals surface area contributed by atoms with E-state index in [9.17, 15) is 9.59 Å². The molecule has 23 heavy (non-hydrogen) atoms. The second kappa shape index (κ2) is 7.92. The number of carbonyl (C=O) groups is 2. The minimum Gasteiger partial charge on any atom is -0.466 e. The molecule has 6 nitrogen and oxygen atoms in total. The van der Waals surface area contributed by atoms with E-state index in [2.05, 4.69) is 5.32 Å². The number of hydrogen-bond acceptors (Lipinski definition) is 4. The Labute approximate surface area is 141 Å². The predicted octanol–water partition coefficient (Wildman–Crippen LogP) is 1.76. The Morgan fingerprint density at radius 2 is 2.09 bits per heavy atom. The highest BCUT2D eigenvalue weighted by Gasteiger charge is 2.29. The number of piperidine rings is 1. The van der Waals surface area contributed by atoms with Gasteiger partial charge in [0.15, 0.2) is 5.11 Å². The van der Waals surface area contributed by atoms with Crippen molar-refractivity contribution in [2.24, 2.45) is 11.7 Å². The van der Waals surface area contributed by atoms with Gasteiger partial charge in [0.05, 0.1) is 12.5 Å². The van der Waals surface area contributed by atoms with Crippen LogP contribution in [0.1, 0.15) is 30.1 Å². The van der Waals surface area contributed by atoms with Gasteiger partial charge >= 0.3 is 5.97 Å². The number of esters is 1. The number of ether oxygens (including phenoxy) is 1. The maximum atomic E-state index is 12.6. The Kier molecular flexibility index (Phi) is 5.92. The number of likely N-dealkylation sites (tertiary alicyclic amines) is 1. The number of anilines is 1. The maximum absolute atomic E-state index is 12.6. The number of hydrogen-bond donors (Lipinski definition) is 2. The molecule has 7 heteroatoms. The number of nitrogens with zero attached hydrogens (tertiary/aromatic N) is 1. The number of benzene rings is 1. The molecule has 0 bridgehead atoms. The van der Waals surface area contributed by atoms with Gasteiger partial charge < -0.3 is 20.7 Å². The summed E-state index contributed by atoms with van der Waals surface area (Å²) in [6, 6.07) is 6.94. The van der Waals surface area contributed by atoms with Crippen LogP contribution < -0.4 is 11.1 Å². The summed E-state index contributed by atoms with van der Waals surface area (Å²) in [5.41, 5.74) is 6.71. The van der Waals surface area contributed by atoms with Crippen molar-refractivity contribution in [3.8, 4) is 0 Å². The molecule has 124 valence electrons. The molecule has 1 aliphatic heterocycles. The van der Waals surface area contributed by atoms with Crippen molar-refractivity contribution in [3.63, 3.8) is 0 Å². The second-order valence-corrected chi connectivity index (χ2v) is 5.85. The monoisotopic (exact) mass is 335 g/mol. The third kappa shape index (κ3) is 4.66. The molecule has 1 aliphatic rings. The van der Waals surface area contributed by atoms with Crippen LogP contribution in [-0.2, 0) is 9.53 Å². The van der Waals surface area contributed by atoms with Gasteiger partial charge in [-0.25, -0.2) is 0 Å². The molecular formula is C16H21N3O3S. The van der Waals surface area contributed by atoms with Crippen molar-refractivity contribution >= 4 is 34.9 Å². The third-order valence-corrected chi connectivity index (χ3v) is 3.83. The normalized spacial score (nSPS) is 17.4. The molecule has 1 heterocycles. The Morgan fingerprint density at radius 1 is 1.39 bits per heavy atom. The Morgan fingerprint density at radius 3 is 2.70 bits per heavy atom. The summed E-state index contributed by atoms with van der Waals surface area (Å²) in [5.74, 6) is -0.537. The van der Waals surface area contributed by atoms with Crippen LogP contribution in [0.4, 0.5) is 5.69 Å². The van der Waals surface area contributed by atoms with E-state index in [0.717, 1.165) is 18.5 Å². The van der Waals surface area contributed by atoms with Crippen LogP contribution in [0, 0.1) is 5.92 Å². The molecule has 1 saturated heterocycles. The van der Waals surface area contributed by atoms with Crippen molar-refractivity contribution in [1.29, 1.82) is 0 Å². The third-order valence-electron chi connectivity index (χ3n) is 3.73. The highest BCUT2D eigenvalue weighted by molar-refractivity contribution is 7.80. The zero-order valence-electron chi connectivity index (χ0n) is 13.1. The zero-order valence-corrected chi connectivity index (χ0v) is 13.9. The van der Waals surface area contributed by atoms with Crippen LogP contribution in [0.2, 0.25) is 0 Å². The van der Waals surface area contributed by atoms with Crippen molar-refractivity contribution in [1.82, 2.24) is 4.90 Å². The molecular weight excluding hydrogens is 314 g/mol.